The fraction of sp³-hybridized carbons (Fsp3) is 0.857. The molecule has 0 saturated carbocycles. The highest BCUT2D eigenvalue weighted by molar-refractivity contribution is 5.85. The molecule has 0 spiro atoms. The van der Waals surface area contributed by atoms with Crippen molar-refractivity contribution in [1.29, 1.82) is 0 Å². The van der Waals surface area contributed by atoms with Gasteiger partial charge in [0.2, 0.25) is 0 Å². The van der Waals surface area contributed by atoms with Gasteiger partial charge < -0.3 is 10.2 Å². The van der Waals surface area contributed by atoms with Crippen molar-refractivity contribution in [2.24, 2.45) is 0 Å². The summed E-state index contributed by atoms with van der Waals surface area (Å²) >= 11 is 0. The maximum Gasteiger partial charge on any atom is 0.460 e. The minimum Gasteiger partial charge on any atom is -0.349 e. The number of nitrogens with zero attached hydrogens (tertiary/aromatic N) is 2. The molecule has 33 heavy (non-hydrogen) atoms. The summed E-state index contributed by atoms with van der Waals surface area (Å²) in [5.41, 5.74) is 0. The lowest BCUT2D eigenvalue weighted by molar-refractivity contribution is -0.346. The van der Waals surface area contributed by atoms with E-state index in [1.165, 1.54) is 0 Å². The molecule has 5 nitrogen and oxygen atoms in total. The molecule has 0 aromatic carbocycles. The highest BCUT2D eigenvalue weighted by atomic mass is 19.4. The third kappa shape index (κ3) is 5.37. The Kier molecular flexibility index (Phi) is 7.84. The number of halogens is 14. The average Bonchev–Trinajstić information content (AvgIpc) is 2.65. The number of piperazine rings is 1. The lowest BCUT2D eigenvalue weighted by atomic mass is 10.1. The van der Waals surface area contributed by atoms with Crippen LogP contribution in [0.4, 0.5) is 61.5 Å². The van der Waals surface area contributed by atoms with Crippen LogP contribution in [0.15, 0.2) is 0 Å². The Labute approximate surface area is 174 Å². The van der Waals surface area contributed by atoms with Crippen LogP contribution < -0.4 is 5.32 Å². The minimum absolute atomic E-state index is 0.0350. The molecule has 0 aliphatic carbocycles. The molecule has 0 aromatic heterocycles. The van der Waals surface area contributed by atoms with Gasteiger partial charge in [0.1, 0.15) is 0 Å². The fourth-order valence-electron chi connectivity index (χ4n) is 2.44. The molecule has 1 saturated heterocycles. The van der Waals surface area contributed by atoms with Crippen LogP contribution in [0, 0.1) is 0 Å². The smallest absolute Gasteiger partial charge is 0.349 e. The van der Waals surface area contributed by atoms with Gasteiger partial charge >= 0.3 is 36.0 Å². The Bertz CT molecular complexity index is 723. The Hall–Kier alpha value is -2.08. The van der Waals surface area contributed by atoms with Gasteiger partial charge in [0, 0.05) is 39.3 Å². The number of amides is 2. The van der Waals surface area contributed by atoms with Crippen molar-refractivity contribution in [3.63, 3.8) is 0 Å². The summed E-state index contributed by atoms with van der Waals surface area (Å²) in [5.74, 6) is -31.5. The fourth-order valence-corrected chi connectivity index (χ4v) is 2.44. The molecule has 1 N–H and O–H groups in total. The second-order valence-electron chi connectivity index (χ2n) is 6.68. The van der Waals surface area contributed by atoms with Crippen LogP contribution in [0.3, 0.4) is 0 Å². The summed E-state index contributed by atoms with van der Waals surface area (Å²) in [7, 11) is 0. The predicted molar refractivity (Wildman–Crippen MR) is 77.9 cm³/mol. The number of carbonyl (C=O) groups is 2. The first-order valence-electron chi connectivity index (χ1n) is 8.46. The van der Waals surface area contributed by atoms with E-state index in [9.17, 15) is 71.1 Å². The van der Waals surface area contributed by atoms with E-state index in [1.807, 2.05) is 0 Å². The molecular weight excluding hydrogens is 508 g/mol. The van der Waals surface area contributed by atoms with Crippen LogP contribution in [0.1, 0.15) is 0 Å². The first-order chi connectivity index (χ1) is 14.5. The lowest BCUT2D eigenvalue weighted by Crippen LogP contribution is -2.62. The molecule has 1 rings (SSSR count). The van der Waals surface area contributed by atoms with Crippen molar-refractivity contribution < 1.29 is 71.1 Å². The van der Waals surface area contributed by atoms with E-state index in [4.69, 9.17) is 0 Å². The Balaban J connectivity index is 2.64. The SMILES string of the molecule is O=C(NCCN1CCN(C(=O)C(F)(F)C(F)(F)C(F)(F)F)CC1)C(F)(F)C(F)(F)C(F)(F)F. The summed E-state index contributed by atoms with van der Waals surface area (Å²) < 4.78 is 177. The second-order valence-corrected chi connectivity index (χ2v) is 6.68. The largest absolute Gasteiger partial charge is 0.460 e. The quantitative estimate of drug-likeness (QED) is 0.525. The minimum atomic E-state index is -6.75. The number of rotatable bonds is 7. The van der Waals surface area contributed by atoms with E-state index in [-0.39, 0.29) is 4.90 Å². The van der Waals surface area contributed by atoms with Gasteiger partial charge in [0.15, 0.2) is 0 Å². The molecule has 1 aliphatic heterocycles. The zero-order valence-electron chi connectivity index (χ0n) is 15.7. The maximum atomic E-state index is 13.4. The number of hydrogen-bond acceptors (Lipinski definition) is 3. The van der Waals surface area contributed by atoms with E-state index >= 15 is 0 Å². The van der Waals surface area contributed by atoms with Gasteiger partial charge in [-0.2, -0.15) is 61.5 Å². The second kappa shape index (κ2) is 8.94. The molecule has 2 amide bonds. The third-order valence-electron chi connectivity index (χ3n) is 4.43. The molecule has 19 heteroatoms. The van der Waals surface area contributed by atoms with Crippen molar-refractivity contribution in [3.05, 3.63) is 0 Å². The molecule has 1 aliphatic rings. The summed E-state index contributed by atoms with van der Waals surface area (Å²) in [4.78, 5) is 23.6. The number of carbonyl (C=O) groups excluding carboxylic acids is 2. The highest BCUT2D eigenvalue weighted by Crippen LogP contribution is 2.48. The van der Waals surface area contributed by atoms with E-state index in [0.29, 0.717) is 0 Å². The van der Waals surface area contributed by atoms with Crippen molar-refractivity contribution in [1.82, 2.24) is 15.1 Å². The standard InChI is InChI=1S/C14H13F14N3O2/c15-9(16,11(19,20)13(23,24)25)7(32)29-1-2-30-3-5-31(6-4-30)8(33)10(17,18)12(21,22)14(26,27)28/h1-6H2,(H,29,32). The van der Waals surface area contributed by atoms with Crippen LogP contribution in [0.5, 0.6) is 0 Å². The zero-order chi connectivity index (χ0) is 26.3. The predicted octanol–water partition coefficient (Wildman–Crippen LogP) is 2.91. The summed E-state index contributed by atoms with van der Waals surface area (Å²) in [6.45, 7) is -4.26. The molecule has 0 atom stereocenters. The van der Waals surface area contributed by atoms with Gasteiger partial charge in [-0.05, 0) is 0 Å². The van der Waals surface area contributed by atoms with Gasteiger partial charge in [0.05, 0.1) is 0 Å². The monoisotopic (exact) mass is 521 g/mol. The first kappa shape index (κ1) is 29.0. The average molecular weight is 521 g/mol. The maximum absolute atomic E-state index is 13.4. The van der Waals surface area contributed by atoms with Gasteiger partial charge in [0.25, 0.3) is 11.8 Å². The van der Waals surface area contributed by atoms with E-state index in [1.54, 1.807) is 0 Å². The molecule has 0 radical (unpaired) electrons. The van der Waals surface area contributed by atoms with Crippen LogP contribution in [-0.4, -0.2) is 96.9 Å². The summed E-state index contributed by atoms with van der Waals surface area (Å²) in [6, 6.07) is 0. The Morgan fingerprint density at radius 3 is 1.42 bits per heavy atom. The molecule has 0 bridgehead atoms. The summed E-state index contributed by atoms with van der Waals surface area (Å²) in [6.07, 6.45) is -13.5. The number of nitrogens with one attached hydrogen (secondary N) is 1. The van der Waals surface area contributed by atoms with Crippen LogP contribution in [0.2, 0.25) is 0 Å². The van der Waals surface area contributed by atoms with Crippen LogP contribution in [-0.2, 0) is 9.59 Å². The van der Waals surface area contributed by atoms with Crippen molar-refractivity contribution in [2.45, 2.75) is 36.0 Å². The van der Waals surface area contributed by atoms with Crippen LogP contribution >= 0.6 is 0 Å². The molecule has 0 aromatic rings. The molecule has 1 fully saturated rings. The van der Waals surface area contributed by atoms with Crippen molar-refractivity contribution >= 4 is 11.8 Å². The number of hydrogen-bond donors (Lipinski definition) is 1. The van der Waals surface area contributed by atoms with Crippen LogP contribution in [0.25, 0.3) is 0 Å². The van der Waals surface area contributed by atoms with Crippen molar-refractivity contribution in [2.75, 3.05) is 39.3 Å². The van der Waals surface area contributed by atoms with E-state index in [0.717, 1.165) is 10.2 Å². The Morgan fingerprint density at radius 1 is 0.636 bits per heavy atom. The van der Waals surface area contributed by atoms with Gasteiger partial charge in [-0.3, -0.25) is 14.5 Å². The zero-order valence-corrected chi connectivity index (χ0v) is 15.7. The molecule has 0 unspecified atom stereocenters. The highest BCUT2D eigenvalue weighted by Gasteiger charge is 2.77. The first-order valence-corrected chi connectivity index (χ1v) is 8.46. The normalized spacial score (nSPS) is 17.8. The van der Waals surface area contributed by atoms with Gasteiger partial charge in [-0.25, -0.2) is 0 Å². The molecule has 194 valence electrons. The Morgan fingerprint density at radius 2 is 1.03 bits per heavy atom. The van der Waals surface area contributed by atoms with Crippen molar-refractivity contribution in [3.8, 4) is 0 Å². The third-order valence-corrected chi connectivity index (χ3v) is 4.43. The number of alkyl halides is 14. The topological polar surface area (TPSA) is 52.7 Å². The van der Waals surface area contributed by atoms with Gasteiger partial charge in [-0.1, -0.05) is 0 Å². The molecular formula is C14H13F14N3O2. The van der Waals surface area contributed by atoms with E-state index < -0.39 is 87.1 Å². The summed E-state index contributed by atoms with van der Waals surface area (Å²) in [5, 5.41) is 1.11. The molecule has 1 heterocycles. The van der Waals surface area contributed by atoms with Gasteiger partial charge in [-0.15, -0.1) is 0 Å². The lowest BCUT2D eigenvalue weighted by Gasteiger charge is -2.37. The van der Waals surface area contributed by atoms with E-state index in [2.05, 4.69) is 0 Å².